The number of hydroxylamine groups is 2. The Bertz CT molecular complexity index is 1430. The lowest BCUT2D eigenvalue weighted by Crippen LogP contribution is -2.62. The summed E-state index contributed by atoms with van der Waals surface area (Å²) in [5.74, 6) is 0.127. The highest BCUT2D eigenvalue weighted by atomic mass is 35.5. The van der Waals surface area contributed by atoms with Crippen LogP contribution in [0.15, 0.2) is 88.8 Å². The first kappa shape index (κ1) is 26.1. The zero-order valence-corrected chi connectivity index (χ0v) is 21.4. The molecule has 9 heteroatoms. The number of benzene rings is 3. The molecule has 2 aliphatic rings. The number of hydrogen-bond donors (Lipinski definition) is 3. The minimum Gasteiger partial charge on any atom is -0.337 e. The maximum absolute atomic E-state index is 12.0. The van der Waals surface area contributed by atoms with Crippen molar-refractivity contribution in [3.63, 3.8) is 0 Å². The average molecular weight is 518 g/mol. The Morgan fingerprint density at radius 3 is 2.22 bits per heavy atom. The Labute approximate surface area is 220 Å². The van der Waals surface area contributed by atoms with Crippen LogP contribution in [0.5, 0.6) is 0 Å². The van der Waals surface area contributed by atoms with Crippen LogP contribution in [0.1, 0.15) is 24.5 Å². The van der Waals surface area contributed by atoms with Crippen LogP contribution in [0.4, 0.5) is 0 Å². The highest BCUT2D eigenvalue weighted by molar-refractivity contribution is 6.30. The molecule has 3 N–H and O–H groups in total. The van der Waals surface area contributed by atoms with E-state index in [4.69, 9.17) is 11.6 Å². The molecule has 0 bridgehead atoms. The molecular weight excluding hydrogens is 490 g/mol. The molecule has 0 radical (unpaired) electrons. The second-order valence-electron chi connectivity index (χ2n) is 8.50. The monoisotopic (exact) mass is 517 g/mol. The lowest BCUT2D eigenvalue weighted by atomic mass is 9.75. The Hall–Kier alpha value is -4.01. The number of nitrogens with zero attached hydrogens (tertiary/aromatic N) is 3. The topological polar surface area (TPSA) is 106 Å². The van der Waals surface area contributed by atoms with Gasteiger partial charge >= 0.3 is 0 Å². The van der Waals surface area contributed by atoms with E-state index in [1.165, 1.54) is 5.06 Å². The molecule has 0 spiro atoms. The smallest absolute Gasteiger partial charge is 0.241 e. The van der Waals surface area contributed by atoms with Gasteiger partial charge in [0.05, 0.1) is 17.7 Å². The Morgan fingerprint density at radius 1 is 1.00 bits per heavy atom. The first-order valence-electron chi connectivity index (χ1n) is 11.9. The number of hydrogen-bond acceptors (Lipinski definition) is 5. The van der Waals surface area contributed by atoms with Crippen molar-refractivity contribution in [2.45, 2.75) is 18.8 Å². The summed E-state index contributed by atoms with van der Waals surface area (Å²) in [6, 6.07) is 24.3. The lowest BCUT2D eigenvalue weighted by Gasteiger charge is -2.34. The Balaban J connectivity index is 0.000000180. The van der Waals surface area contributed by atoms with Gasteiger partial charge in [0.15, 0.2) is 5.41 Å². The zero-order valence-electron chi connectivity index (χ0n) is 20.6. The van der Waals surface area contributed by atoms with Crippen LogP contribution in [0, 0.1) is 0 Å². The molecule has 2 heterocycles. The number of carbonyl (C=O) groups excluding carboxylic acids is 2. The number of carbonyl (C=O) groups is 2. The number of amides is 2. The molecule has 0 aliphatic carbocycles. The summed E-state index contributed by atoms with van der Waals surface area (Å²) in [6.45, 7) is 2.29. The summed E-state index contributed by atoms with van der Waals surface area (Å²) >= 11 is 6.12. The third-order valence-corrected chi connectivity index (χ3v) is 6.62. The molecule has 0 saturated carbocycles. The minimum atomic E-state index is -1.07. The minimum absolute atomic E-state index is 0.215. The molecule has 8 nitrogen and oxygen atoms in total. The quantitative estimate of drug-likeness (QED) is 0.464. The van der Waals surface area contributed by atoms with Gasteiger partial charge in [-0.15, -0.1) is 0 Å². The molecule has 5 rings (SSSR count). The van der Waals surface area contributed by atoms with E-state index in [1.807, 2.05) is 79.7 Å². The van der Waals surface area contributed by atoms with E-state index in [9.17, 15) is 14.8 Å². The second-order valence-corrected chi connectivity index (χ2v) is 8.94. The highest BCUT2D eigenvalue weighted by Crippen LogP contribution is 2.30. The number of halogens is 1. The van der Waals surface area contributed by atoms with E-state index in [0.29, 0.717) is 23.0 Å². The van der Waals surface area contributed by atoms with E-state index in [2.05, 4.69) is 20.6 Å². The largest absolute Gasteiger partial charge is 0.337 e. The molecule has 190 valence electrons. The fraction of sp³-hybridized carbons (Fsp3) is 0.214. The number of nitrogens with one attached hydrogen (secondary N) is 2. The van der Waals surface area contributed by atoms with Crippen LogP contribution in [-0.2, 0) is 15.0 Å². The summed E-state index contributed by atoms with van der Waals surface area (Å²) in [5, 5.41) is 19.1. The van der Waals surface area contributed by atoms with Gasteiger partial charge in [0, 0.05) is 22.9 Å². The lowest BCUT2D eigenvalue weighted by molar-refractivity contribution is -0.141. The van der Waals surface area contributed by atoms with E-state index in [0.717, 1.165) is 21.7 Å². The molecule has 0 aromatic heterocycles. The standard InChI is InChI=1S/C16H14ClN3O.C12H14N2O2/c1-18-15-10-20(21)16(11-5-3-2-4-6-11)13-9-12(17)7-8-14(13)19-15;1-2-12(9-6-4-3-5-7-9)10(15)13-8-14-11(12)16/h2-9,21H,10H2,1H3;3-7H,2,8H2,1H3,(H,13,15)(H,14,16). The van der Waals surface area contributed by atoms with Crippen molar-refractivity contribution >= 4 is 34.9 Å². The predicted octanol–water partition coefficient (Wildman–Crippen LogP) is 2.39. The Kier molecular flexibility index (Phi) is 8.01. The Morgan fingerprint density at radius 2 is 1.62 bits per heavy atom. The van der Waals surface area contributed by atoms with E-state index in [-0.39, 0.29) is 25.0 Å². The van der Waals surface area contributed by atoms with Gasteiger partial charge in [-0.25, -0.2) is 10.1 Å². The first-order valence-corrected chi connectivity index (χ1v) is 12.3. The second kappa shape index (κ2) is 11.4. The summed E-state index contributed by atoms with van der Waals surface area (Å²) < 4.78 is 0. The fourth-order valence-corrected chi connectivity index (χ4v) is 4.63. The maximum Gasteiger partial charge on any atom is 0.241 e. The van der Waals surface area contributed by atoms with Crippen LogP contribution < -0.4 is 21.2 Å². The van der Waals surface area contributed by atoms with Gasteiger partial charge in [-0.2, -0.15) is 0 Å². The molecule has 37 heavy (non-hydrogen) atoms. The van der Waals surface area contributed by atoms with Gasteiger partial charge in [-0.05, 0) is 30.2 Å². The number of amidine groups is 1. The first-order chi connectivity index (χ1) is 17.9. The number of rotatable bonds is 3. The van der Waals surface area contributed by atoms with Crippen molar-refractivity contribution in [2.24, 2.45) is 9.98 Å². The molecule has 0 unspecified atom stereocenters. The van der Waals surface area contributed by atoms with Gasteiger partial charge in [0.25, 0.3) is 0 Å². The van der Waals surface area contributed by atoms with Gasteiger partial charge in [0.1, 0.15) is 12.4 Å². The third kappa shape index (κ3) is 5.26. The SMILES string of the molecule is CCC1(c2ccccc2)C(=O)NCNC1=O.CN=C1CN(O)C(c2ccccc2)=c2cc(Cl)ccc2=N1. The molecule has 3 aromatic carbocycles. The van der Waals surface area contributed by atoms with Crippen molar-refractivity contribution in [3.05, 3.63) is 106 Å². The molecule has 2 amide bonds. The van der Waals surface area contributed by atoms with Gasteiger partial charge in [-0.1, -0.05) is 79.2 Å². The molecular formula is C28H28ClN5O3. The van der Waals surface area contributed by atoms with Gasteiger partial charge < -0.3 is 10.6 Å². The maximum atomic E-state index is 12.0. The van der Waals surface area contributed by atoms with Crippen molar-refractivity contribution in [1.82, 2.24) is 15.7 Å². The normalized spacial score (nSPS) is 17.5. The van der Waals surface area contributed by atoms with Crippen LogP contribution in [0.25, 0.3) is 5.70 Å². The van der Waals surface area contributed by atoms with Crippen molar-refractivity contribution < 1.29 is 14.8 Å². The van der Waals surface area contributed by atoms with Crippen LogP contribution in [-0.4, -0.2) is 48.2 Å². The molecule has 1 fully saturated rings. The summed E-state index contributed by atoms with van der Waals surface area (Å²) in [5.41, 5.74) is 1.25. The van der Waals surface area contributed by atoms with E-state index >= 15 is 0 Å². The number of fused-ring (bicyclic) bond motifs is 1. The average Bonchev–Trinajstić information content (AvgIpc) is 3.05. The molecule has 1 saturated heterocycles. The van der Waals surface area contributed by atoms with Gasteiger partial charge in [0.2, 0.25) is 11.8 Å². The van der Waals surface area contributed by atoms with Crippen molar-refractivity contribution in [2.75, 3.05) is 20.3 Å². The zero-order chi connectivity index (χ0) is 26.4. The molecule has 3 aromatic rings. The van der Waals surface area contributed by atoms with Crippen LogP contribution >= 0.6 is 11.6 Å². The van der Waals surface area contributed by atoms with Crippen molar-refractivity contribution in [1.29, 1.82) is 0 Å². The summed E-state index contributed by atoms with van der Waals surface area (Å²) in [4.78, 5) is 32.6. The molecule has 0 atom stereocenters. The summed E-state index contributed by atoms with van der Waals surface area (Å²) in [6.07, 6.45) is 0.453. The van der Waals surface area contributed by atoms with Crippen LogP contribution in [0.3, 0.4) is 0 Å². The van der Waals surface area contributed by atoms with E-state index < -0.39 is 5.41 Å². The van der Waals surface area contributed by atoms with Crippen molar-refractivity contribution in [3.8, 4) is 0 Å². The predicted molar refractivity (Wildman–Crippen MR) is 143 cm³/mol. The number of aliphatic imine (C=N–C) groups is 1. The van der Waals surface area contributed by atoms with E-state index in [1.54, 1.807) is 13.1 Å². The van der Waals surface area contributed by atoms with Crippen LogP contribution in [0.2, 0.25) is 5.02 Å². The molecule has 2 aliphatic heterocycles. The highest BCUT2D eigenvalue weighted by Gasteiger charge is 2.47. The fourth-order valence-electron chi connectivity index (χ4n) is 4.46. The van der Waals surface area contributed by atoms with Gasteiger partial charge in [-0.3, -0.25) is 19.8 Å². The summed E-state index contributed by atoms with van der Waals surface area (Å²) in [7, 11) is 1.66. The third-order valence-electron chi connectivity index (χ3n) is 6.39.